The summed E-state index contributed by atoms with van der Waals surface area (Å²) in [5.41, 5.74) is 1.88. The van der Waals surface area contributed by atoms with Gasteiger partial charge < -0.3 is 9.88 Å². The maximum absolute atomic E-state index is 12.0. The van der Waals surface area contributed by atoms with Gasteiger partial charge in [-0.25, -0.2) is 4.98 Å². The van der Waals surface area contributed by atoms with Crippen LogP contribution in [0.5, 0.6) is 0 Å². The van der Waals surface area contributed by atoms with Gasteiger partial charge in [-0.1, -0.05) is 12.1 Å². The lowest BCUT2D eigenvalue weighted by atomic mass is 10.2. The zero-order chi connectivity index (χ0) is 14.1. The highest BCUT2D eigenvalue weighted by atomic mass is 16.2. The first-order valence-electron chi connectivity index (χ1n) is 6.33. The molecule has 1 amide bonds. The lowest BCUT2D eigenvalue weighted by Gasteiger charge is -2.03. The first-order chi connectivity index (χ1) is 9.63. The number of amides is 1. The third kappa shape index (κ3) is 2.27. The fourth-order valence-corrected chi connectivity index (χ4v) is 2.20. The van der Waals surface area contributed by atoms with Gasteiger partial charge >= 0.3 is 0 Å². The molecule has 0 unspecified atom stereocenters. The van der Waals surface area contributed by atoms with Crippen molar-refractivity contribution in [1.82, 2.24) is 19.3 Å². The second-order valence-electron chi connectivity index (χ2n) is 4.72. The maximum atomic E-state index is 12.0. The van der Waals surface area contributed by atoms with E-state index in [2.05, 4.69) is 15.4 Å². The highest BCUT2D eigenvalue weighted by Gasteiger charge is 2.11. The van der Waals surface area contributed by atoms with Crippen molar-refractivity contribution in [3.8, 4) is 0 Å². The number of anilines is 1. The highest BCUT2D eigenvalue weighted by Crippen LogP contribution is 2.21. The molecule has 0 spiro atoms. The van der Waals surface area contributed by atoms with Crippen LogP contribution >= 0.6 is 0 Å². The molecule has 0 fully saturated rings. The van der Waals surface area contributed by atoms with Gasteiger partial charge in [-0.3, -0.25) is 9.48 Å². The Morgan fingerprint density at radius 2 is 2.15 bits per heavy atom. The Labute approximate surface area is 116 Å². The molecule has 0 radical (unpaired) electrons. The van der Waals surface area contributed by atoms with E-state index in [0.29, 0.717) is 5.82 Å². The number of nitrogens with one attached hydrogen (secondary N) is 1. The number of imidazole rings is 1. The number of carbonyl (C=O) groups is 1. The zero-order valence-corrected chi connectivity index (χ0v) is 11.4. The lowest BCUT2D eigenvalue weighted by molar-refractivity contribution is -0.116. The summed E-state index contributed by atoms with van der Waals surface area (Å²) in [7, 11) is 1.86. The molecular formula is C14H15N5O. The third-order valence-corrected chi connectivity index (χ3v) is 3.10. The summed E-state index contributed by atoms with van der Waals surface area (Å²) in [5.74, 6) is 0.469. The average Bonchev–Trinajstić information content (AvgIpc) is 2.95. The van der Waals surface area contributed by atoms with Crippen LogP contribution in [0.3, 0.4) is 0 Å². The molecule has 2 heterocycles. The minimum absolute atomic E-state index is 0.119. The highest BCUT2D eigenvalue weighted by molar-refractivity contribution is 5.99. The Hall–Kier alpha value is -2.63. The Kier molecular flexibility index (Phi) is 2.98. The van der Waals surface area contributed by atoms with E-state index in [0.717, 1.165) is 16.6 Å². The molecule has 0 saturated heterocycles. The van der Waals surface area contributed by atoms with E-state index in [1.54, 1.807) is 15.6 Å². The van der Waals surface area contributed by atoms with Gasteiger partial charge in [-0.05, 0) is 19.1 Å². The van der Waals surface area contributed by atoms with Gasteiger partial charge in [0.15, 0.2) is 5.82 Å². The number of para-hydroxylation sites is 1. The van der Waals surface area contributed by atoms with Crippen molar-refractivity contribution in [3.63, 3.8) is 0 Å². The number of hydrogen-bond donors (Lipinski definition) is 1. The van der Waals surface area contributed by atoms with Crippen LogP contribution in [-0.4, -0.2) is 25.2 Å². The van der Waals surface area contributed by atoms with Crippen molar-refractivity contribution in [1.29, 1.82) is 0 Å². The molecule has 1 N–H and O–H groups in total. The van der Waals surface area contributed by atoms with E-state index >= 15 is 0 Å². The van der Waals surface area contributed by atoms with Crippen LogP contribution in [0.25, 0.3) is 10.9 Å². The molecule has 0 atom stereocenters. The largest absolute Gasteiger partial charge is 0.328 e. The molecule has 6 nitrogen and oxygen atoms in total. The number of nitrogens with zero attached hydrogens (tertiary/aromatic N) is 4. The molecule has 3 aromatic rings. The second kappa shape index (κ2) is 4.80. The fraction of sp³-hybridized carbons (Fsp3) is 0.214. The van der Waals surface area contributed by atoms with E-state index < -0.39 is 0 Å². The van der Waals surface area contributed by atoms with Crippen molar-refractivity contribution in [2.75, 3.05) is 5.32 Å². The number of carbonyl (C=O) groups excluding carboxylic acids is 1. The quantitative estimate of drug-likeness (QED) is 0.787. The molecule has 102 valence electrons. The monoisotopic (exact) mass is 269 g/mol. The summed E-state index contributed by atoms with van der Waals surface area (Å²) in [4.78, 5) is 16.1. The molecular weight excluding hydrogens is 254 g/mol. The van der Waals surface area contributed by atoms with E-state index in [4.69, 9.17) is 0 Å². The van der Waals surface area contributed by atoms with Gasteiger partial charge in [0.25, 0.3) is 0 Å². The van der Waals surface area contributed by atoms with E-state index in [1.165, 1.54) is 0 Å². The number of benzene rings is 1. The topological polar surface area (TPSA) is 64.7 Å². The Morgan fingerprint density at radius 3 is 2.90 bits per heavy atom. The molecule has 20 heavy (non-hydrogen) atoms. The number of hydrogen-bond acceptors (Lipinski definition) is 3. The van der Waals surface area contributed by atoms with Crippen LogP contribution in [0.4, 0.5) is 5.82 Å². The second-order valence-corrected chi connectivity index (χ2v) is 4.72. The van der Waals surface area contributed by atoms with Crippen molar-refractivity contribution in [2.45, 2.75) is 13.5 Å². The summed E-state index contributed by atoms with van der Waals surface area (Å²) in [6.07, 6.45) is 3.47. The Balaban J connectivity index is 1.81. The molecule has 2 aromatic heterocycles. The van der Waals surface area contributed by atoms with Gasteiger partial charge in [0.05, 0.1) is 17.5 Å². The van der Waals surface area contributed by atoms with Crippen molar-refractivity contribution in [2.24, 2.45) is 7.05 Å². The van der Waals surface area contributed by atoms with Crippen LogP contribution in [0.2, 0.25) is 0 Å². The van der Waals surface area contributed by atoms with Crippen LogP contribution in [0.15, 0.2) is 36.8 Å². The first kappa shape index (κ1) is 12.4. The SMILES string of the molecule is Cc1cn(CC(=O)Nc2nn(C)c3ccccc23)cn1. The molecule has 0 aliphatic carbocycles. The minimum Gasteiger partial charge on any atom is -0.328 e. The van der Waals surface area contributed by atoms with Crippen LogP contribution in [0.1, 0.15) is 5.69 Å². The van der Waals surface area contributed by atoms with Crippen LogP contribution in [0, 0.1) is 6.92 Å². The number of aromatic nitrogens is 4. The third-order valence-electron chi connectivity index (χ3n) is 3.10. The first-order valence-corrected chi connectivity index (χ1v) is 6.33. The normalized spacial score (nSPS) is 10.9. The summed E-state index contributed by atoms with van der Waals surface area (Å²) in [6.45, 7) is 2.12. The Morgan fingerprint density at radius 1 is 1.35 bits per heavy atom. The summed E-state index contributed by atoms with van der Waals surface area (Å²) in [6, 6.07) is 7.79. The smallest absolute Gasteiger partial charge is 0.245 e. The van der Waals surface area contributed by atoms with Gasteiger partial charge in [0, 0.05) is 18.6 Å². The predicted molar refractivity (Wildman–Crippen MR) is 76.3 cm³/mol. The Bertz CT molecular complexity index is 771. The summed E-state index contributed by atoms with van der Waals surface area (Å²) >= 11 is 0. The van der Waals surface area contributed by atoms with Crippen LogP contribution < -0.4 is 5.32 Å². The van der Waals surface area contributed by atoms with Gasteiger partial charge in [0.2, 0.25) is 5.91 Å². The predicted octanol–water partition coefficient (Wildman–Crippen LogP) is 1.72. The fourth-order valence-electron chi connectivity index (χ4n) is 2.20. The van der Waals surface area contributed by atoms with Gasteiger partial charge in [-0.15, -0.1) is 0 Å². The number of fused-ring (bicyclic) bond motifs is 1. The van der Waals surface area contributed by atoms with Crippen molar-refractivity contribution >= 4 is 22.6 Å². The number of aryl methyl sites for hydroxylation is 2. The molecule has 1 aromatic carbocycles. The molecule has 0 aliphatic rings. The molecule has 0 aliphatic heterocycles. The van der Waals surface area contributed by atoms with Crippen molar-refractivity contribution in [3.05, 3.63) is 42.5 Å². The molecule has 6 heteroatoms. The molecule has 3 rings (SSSR count). The van der Waals surface area contributed by atoms with Gasteiger partial charge in [0.1, 0.15) is 6.54 Å². The summed E-state index contributed by atoms with van der Waals surface area (Å²) < 4.78 is 3.50. The van der Waals surface area contributed by atoms with E-state index in [9.17, 15) is 4.79 Å². The standard InChI is InChI=1S/C14H15N5O/c1-10-7-19(9-15-10)8-13(20)16-14-11-5-3-4-6-12(11)18(2)17-14/h3-7,9H,8H2,1-2H3,(H,16,17,20). The maximum Gasteiger partial charge on any atom is 0.245 e. The molecule has 0 bridgehead atoms. The van der Waals surface area contributed by atoms with E-state index in [-0.39, 0.29) is 12.5 Å². The molecule has 0 saturated carbocycles. The number of rotatable bonds is 3. The zero-order valence-electron chi connectivity index (χ0n) is 11.4. The van der Waals surface area contributed by atoms with Crippen molar-refractivity contribution < 1.29 is 4.79 Å². The minimum atomic E-state index is -0.119. The van der Waals surface area contributed by atoms with E-state index in [1.807, 2.05) is 44.4 Å². The lowest BCUT2D eigenvalue weighted by Crippen LogP contribution is -2.18. The summed E-state index contributed by atoms with van der Waals surface area (Å²) in [5, 5.41) is 8.12. The van der Waals surface area contributed by atoms with Crippen LogP contribution in [-0.2, 0) is 18.4 Å². The average molecular weight is 269 g/mol. The van der Waals surface area contributed by atoms with Gasteiger partial charge in [-0.2, -0.15) is 5.10 Å².